The van der Waals surface area contributed by atoms with Crippen LogP contribution < -0.4 is 10.9 Å². The van der Waals surface area contributed by atoms with Crippen molar-refractivity contribution in [3.63, 3.8) is 0 Å². The van der Waals surface area contributed by atoms with Gasteiger partial charge < -0.3 is 10.4 Å². The van der Waals surface area contributed by atoms with Crippen molar-refractivity contribution in [1.82, 2.24) is 14.5 Å². The molecule has 178 valence electrons. The van der Waals surface area contributed by atoms with Crippen LogP contribution in [0.2, 0.25) is 0 Å². The van der Waals surface area contributed by atoms with Gasteiger partial charge in [-0.1, -0.05) is 0 Å². The van der Waals surface area contributed by atoms with Crippen LogP contribution in [0.1, 0.15) is 28.7 Å². The van der Waals surface area contributed by atoms with E-state index < -0.39 is 29.3 Å². The highest BCUT2D eigenvalue weighted by Gasteiger charge is 2.32. The predicted molar refractivity (Wildman–Crippen MR) is 120 cm³/mol. The zero-order chi connectivity index (χ0) is 24.6. The smallest absolute Gasteiger partial charge is 0.309 e. The van der Waals surface area contributed by atoms with Gasteiger partial charge in [-0.2, -0.15) is 0 Å². The Morgan fingerprint density at radius 3 is 2.50 bits per heavy atom. The lowest BCUT2D eigenvalue weighted by Crippen LogP contribution is -2.49. The number of nitrogens with zero attached hydrogens (tertiary/aromatic N) is 3. The molecule has 0 saturated carbocycles. The number of aromatic nitrogens is 2. The van der Waals surface area contributed by atoms with Crippen LogP contribution in [0, 0.1) is 25.6 Å². The first-order valence-corrected chi connectivity index (χ1v) is 10.6. The number of nitrogens with one attached hydrogen (secondary N) is 1. The molecule has 0 atom stereocenters. The third kappa shape index (κ3) is 4.67. The van der Waals surface area contributed by atoms with E-state index in [4.69, 9.17) is 5.11 Å². The maximum Gasteiger partial charge on any atom is 0.309 e. The molecular weight excluding hydrogens is 449 g/mol. The molecule has 2 N–H and O–H groups in total. The van der Waals surface area contributed by atoms with Crippen molar-refractivity contribution in [2.75, 3.05) is 18.4 Å². The third-order valence-electron chi connectivity index (χ3n) is 5.99. The summed E-state index contributed by atoms with van der Waals surface area (Å²) in [7, 11) is 0. The Labute approximate surface area is 193 Å². The van der Waals surface area contributed by atoms with Gasteiger partial charge in [0.25, 0.3) is 12.0 Å². The molecule has 1 aliphatic heterocycles. The number of hydrogen-bond acceptors (Lipinski definition) is 5. The summed E-state index contributed by atoms with van der Waals surface area (Å²) in [6, 6.07) is 6.56. The lowest BCUT2D eigenvalue weighted by Gasteiger charge is -2.37. The van der Waals surface area contributed by atoms with E-state index in [2.05, 4.69) is 15.2 Å². The molecule has 0 spiro atoms. The lowest BCUT2D eigenvalue weighted by atomic mass is 9.96. The molecule has 0 unspecified atom stereocenters. The monoisotopic (exact) mass is 472 g/mol. The van der Waals surface area contributed by atoms with Gasteiger partial charge in [0.15, 0.2) is 5.82 Å². The number of anilines is 2. The quantitative estimate of drug-likeness (QED) is 0.536. The minimum absolute atomic E-state index is 0.101. The molecular formula is C24H23F3N4O3. The summed E-state index contributed by atoms with van der Waals surface area (Å²) in [5.74, 6) is -2.10. The fraction of sp³-hybridized carbons (Fsp3) is 0.292. The Kier molecular flexibility index (Phi) is 6.43. The number of hydrogen-bond donors (Lipinski definition) is 2. The molecule has 0 radical (unpaired) electrons. The first kappa shape index (κ1) is 23.5. The highest BCUT2D eigenvalue weighted by molar-refractivity contribution is 5.71. The van der Waals surface area contributed by atoms with Gasteiger partial charge in [0.2, 0.25) is 0 Å². The number of aryl methyl sites for hydroxylation is 2. The van der Waals surface area contributed by atoms with E-state index in [0.29, 0.717) is 25.3 Å². The number of carbonyl (C=O) groups is 1. The van der Waals surface area contributed by atoms with Gasteiger partial charge in [-0.25, -0.2) is 18.2 Å². The Bertz CT molecular complexity index is 1280. The summed E-state index contributed by atoms with van der Waals surface area (Å²) in [5.41, 5.74) is 2.29. The molecule has 2 heterocycles. The van der Waals surface area contributed by atoms with Crippen molar-refractivity contribution in [2.45, 2.75) is 26.8 Å². The van der Waals surface area contributed by atoms with Crippen LogP contribution in [0.3, 0.4) is 0 Å². The van der Waals surface area contributed by atoms with E-state index in [1.54, 1.807) is 0 Å². The second-order valence-corrected chi connectivity index (χ2v) is 8.40. The molecule has 4 rings (SSSR count). The number of benzene rings is 2. The summed E-state index contributed by atoms with van der Waals surface area (Å²) in [6.07, 6.45) is -0.0772. The normalized spacial score (nSPS) is 14.3. The van der Waals surface area contributed by atoms with Crippen molar-refractivity contribution in [1.29, 1.82) is 0 Å². The van der Waals surface area contributed by atoms with Crippen LogP contribution in [0.5, 0.6) is 0 Å². The minimum atomic E-state index is -2.93. The maximum absolute atomic E-state index is 13.4. The topological polar surface area (TPSA) is 87.5 Å². The number of halogens is 3. The predicted octanol–water partition coefficient (Wildman–Crippen LogP) is 4.19. The molecule has 7 nitrogen and oxygen atoms in total. The molecule has 0 aliphatic carbocycles. The van der Waals surface area contributed by atoms with Gasteiger partial charge in [-0.05, 0) is 60.9 Å². The Hall–Kier alpha value is -3.66. The van der Waals surface area contributed by atoms with Gasteiger partial charge in [0.05, 0.1) is 5.92 Å². The number of likely N-dealkylation sites (tertiary alicyclic amines) is 1. The van der Waals surface area contributed by atoms with Gasteiger partial charge in [-0.3, -0.25) is 19.1 Å². The fourth-order valence-electron chi connectivity index (χ4n) is 4.09. The van der Waals surface area contributed by atoms with Gasteiger partial charge in [0, 0.05) is 49.0 Å². The zero-order valence-electron chi connectivity index (χ0n) is 18.6. The summed E-state index contributed by atoms with van der Waals surface area (Å²) < 4.78 is 41.4. The summed E-state index contributed by atoms with van der Waals surface area (Å²) in [4.78, 5) is 30.1. The van der Waals surface area contributed by atoms with Crippen molar-refractivity contribution in [2.24, 2.45) is 5.92 Å². The summed E-state index contributed by atoms with van der Waals surface area (Å²) in [5, 5.41) is 11.7. The molecule has 10 heteroatoms. The Balaban J connectivity index is 1.61. The van der Waals surface area contributed by atoms with Crippen LogP contribution in [-0.2, 0) is 11.3 Å². The average molecular weight is 472 g/mol. The van der Waals surface area contributed by atoms with Gasteiger partial charge >= 0.3 is 5.97 Å². The molecule has 1 fully saturated rings. The highest BCUT2D eigenvalue weighted by atomic mass is 19.3. The van der Waals surface area contributed by atoms with Crippen molar-refractivity contribution in [3.05, 3.63) is 81.2 Å². The molecule has 3 aromatic rings. The molecule has 0 bridgehead atoms. The van der Waals surface area contributed by atoms with Crippen molar-refractivity contribution >= 4 is 17.5 Å². The minimum Gasteiger partial charge on any atom is -0.481 e. The van der Waals surface area contributed by atoms with E-state index in [0.717, 1.165) is 34.9 Å². The highest BCUT2D eigenvalue weighted by Crippen LogP contribution is 2.29. The maximum atomic E-state index is 13.4. The van der Waals surface area contributed by atoms with Gasteiger partial charge in [0.1, 0.15) is 5.82 Å². The Morgan fingerprint density at radius 1 is 1.21 bits per heavy atom. The van der Waals surface area contributed by atoms with Crippen LogP contribution in [0.25, 0.3) is 5.69 Å². The van der Waals surface area contributed by atoms with Crippen LogP contribution in [0.4, 0.5) is 24.7 Å². The van der Waals surface area contributed by atoms with E-state index in [1.807, 2.05) is 26.0 Å². The SMILES string of the molecule is Cc1cc(-n2ccnc(Nc3ccc(F)cc3C(F)F)c2=O)cc(C)c1CN1CC(C(=O)O)C1. The van der Waals surface area contributed by atoms with Crippen molar-refractivity contribution < 1.29 is 23.1 Å². The van der Waals surface area contributed by atoms with E-state index >= 15 is 0 Å². The number of alkyl halides is 2. The molecule has 0 amide bonds. The van der Waals surface area contributed by atoms with Gasteiger partial charge in [-0.15, -0.1) is 0 Å². The molecule has 34 heavy (non-hydrogen) atoms. The van der Waals surface area contributed by atoms with Crippen LogP contribution in [-0.4, -0.2) is 38.6 Å². The fourth-order valence-corrected chi connectivity index (χ4v) is 4.09. The van der Waals surface area contributed by atoms with Crippen LogP contribution in [0.15, 0.2) is 47.5 Å². The standard InChI is InChI=1S/C24H23F3N4O3/c1-13-7-17(8-14(2)19(13)12-30-10-15(11-30)24(33)34)31-6-5-28-22(23(31)32)29-20-4-3-16(25)9-18(20)21(26)27/h3-9,15,21H,10-12H2,1-2H3,(H,28,29)(H,33,34). The second-order valence-electron chi connectivity index (χ2n) is 8.40. The molecule has 2 aromatic carbocycles. The number of carboxylic acids is 1. The number of aliphatic carboxylic acids is 1. The second kappa shape index (κ2) is 9.30. The summed E-state index contributed by atoms with van der Waals surface area (Å²) in [6.45, 7) is 5.44. The Morgan fingerprint density at radius 2 is 1.88 bits per heavy atom. The first-order chi connectivity index (χ1) is 16.1. The van der Waals surface area contributed by atoms with Crippen LogP contribution >= 0.6 is 0 Å². The molecule has 1 saturated heterocycles. The van der Waals surface area contributed by atoms with E-state index in [9.17, 15) is 22.8 Å². The largest absolute Gasteiger partial charge is 0.481 e. The lowest BCUT2D eigenvalue weighted by molar-refractivity contribution is -0.147. The molecule has 1 aliphatic rings. The average Bonchev–Trinajstić information content (AvgIpc) is 2.73. The van der Waals surface area contributed by atoms with Crippen molar-refractivity contribution in [3.8, 4) is 5.69 Å². The molecule has 1 aromatic heterocycles. The van der Waals surface area contributed by atoms with E-state index in [-0.39, 0.29) is 17.4 Å². The number of carboxylic acid groups (broad SMARTS) is 1. The summed E-state index contributed by atoms with van der Waals surface area (Å²) >= 11 is 0. The first-order valence-electron chi connectivity index (χ1n) is 10.6. The van der Waals surface area contributed by atoms with E-state index in [1.165, 1.54) is 17.0 Å². The zero-order valence-corrected chi connectivity index (χ0v) is 18.6. The third-order valence-corrected chi connectivity index (χ3v) is 5.99. The number of rotatable bonds is 7.